The van der Waals surface area contributed by atoms with E-state index in [1.807, 2.05) is 30.5 Å². The van der Waals surface area contributed by atoms with Crippen LogP contribution < -0.4 is 9.64 Å². The first-order valence-electron chi connectivity index (χ1n) is 11.9. The van der Waals surface area contributed by atoms with Gasteiger partial charge in [0.05, 0.1) is 26.5 Å². The van der Waals surface area contributed by atoms with Crippen LogP contribution in [0.3, 0.4) is 0 Å². The van der Waals surface area contributed by atoms with Crippen molar-refractivity contribution in [3.05, 3.63) is 48.3 Å². The highest BCUT2D eigenvalue weighted by atomic mass is 16.7. The molecule has 1 aromatic carbocycles. The Morgan fingerprint density at radius 3 is 2.68 bits per heavy atom. The number of ether oxygens (including phenoxy) is 4. The van der Waals surface area contributed by atoms with Crippen molar-refractivity contribution in [3.8, 4) is 11.5 Å². The fourth-order valence-corrected chi connectivity index (χ4v) is 5.68. The minimum Gasteiger partial charge on any atom is -0.465 e. The van der Waals surface area contributed by atoms with Crippen LogP contribution in [-0.4, -0.2) is 55.1 Å². The van der Waals surface area contributed by atoms with Gasteiger partial charge < -0.3 is 28.8 Å². The molecule has 34 heavy (non-hydrogen) atoms. The van der Waals surface area contributed by atoms with Gasteiger partial charge >= 0.3 is 5.97 Å². The zero-order valence-electron chi connectivity index (χ0n) is 19.3. The molecule has 3 aromatic rings. The number of carbonyl (C=O) groups excluding carboxylic acids is 1. The minimum atomic E-state index is -0.429. The van der Waals surface area contributed by atoms with Gasteiger partial charge in [0.1, 0.15) is 22.7 Å². The highest BCUT2D eigenvalue weighted by Crippen LogP contribution is 2.57. The number of rotatable bonds is 4. The van der Waals surface area contributed by atoms with Crippen molar-refractivity contribution in [3.63, 3.8) is 0 Å². The number of aromatic amines is 1. The van der Waals surface area contributed by atoms with E-state index >= 15 is 0 Å². The summed E-state index contributed by atoms with van der Waals surface area (Å²) in [7, 11) is 1.38. The molecule has 2 spiro atoms. The van der Waals surface area contributed by atoms with E-state index in [4.69, 9.17) is 18.9 Å². The molecule has 0 bridgehead atoms. The summed E-state index contributed by atoms with van der Waals surface area (Å²) in [4.78, 5) is 22.2. The summed E-state index contributed by atoms with van der Waals surface area (Å²) < 4.78 is 23.1. The third kappa shape index (κ3) is 3.80. The molecule has 1 saturated carbocycles. The zero-order chi connectivity index (χ0) is 23.2. The average Bonchev–Trinajstić information content (AvgIpc) is 3.32. The van der Waals surface area contributed by atoms with Crippen molar-refractivity contribution in [2.24, 2.45) is 5.41 Å². The molecule has 1 N–H and O–H groups in total. The lowest BCUT2D eigenvalue weighted by atomic mass is 9.59. The maximum Gasteiger partial charge on any atom is 0.341 e. The van der Waals surface area contributed by atoms with Gasteiger partial charge in [-0.25, -0.2) is 9.78 Å². The van der Waals surface area contributed by atoms with Gasteiger partial charge in [-0.05, 0) is 48.9 Å². The molecule has 2 aliphatic heterocycles. The van der Waals surface area contributed by atoms with Crippen LogP contribution in [0.2, 0.25) is 0 Å². The first-order chi connectivity index (χ1) is 16.6. The Hall–Kier alpha value is -3.10. The predicted molar refractivity (Wildman–Crippen MR) is 126 cm³/mol. The number of H-pyrrole nitrogens is 1. The molecule has 3 aliphatic rings. The highest BCUT2D eigenvalue weighted by molar-refractivity contribution is 5.93. The number of nitrogens with one attached hydrogen (secondary N) is 1. The minimum absolute atomic E-state index is 0.316. The van der Waals surface area contributed by atoms with Crippen LogP contribution in [0.4, 0.5) is 5.69 Å². The summed E-state index contributed by atoms with van der Waals surface area (Å²) in [6, 6.07) is 9.52. The van der Waals surface area contributed by atoms with Gasteiger partial charge in [-0.1, -0.05) is 0 Å². The second-order valence-electron chi connectivity index (χ2n) is 9.66. The number of nitrogens with zero attached hydrogens (tertiary/aromatic N) is 2. The molecule has 3 fully saturated rings. The summed E-state index contributed by atoms with van der Waals surface area (Å²) in [6.07, 6.45) is 8.68. The molecule has 8 nitrogen and oxygen atoms in total. The van der Waals surface area contributed by atoms with E-state index in [0.29, 0.717) is 22.5 Å². The van der Waals surface area contributed by atoms with Crippen molar-refractivity contribution in [1.29, 1.82) is 0 Å². The van der Waals surface area contributed by atoms with E-state index in [1.165, 1.54) is 7.11 Å². The van der Waals surface area contributed by atoms with Crippen molar-refractivity contribution in [1.82, 2.24) is 9.97 Å². The van der Waals surface area contributed by atoms with E-state index in [0.717, 1.165) is 75.1 Å². The Bertz CT molecular complexity index is 1200. The standard InChI is InChI=1S/C26H29N3O5/c1-31-24(30)21-4-3-19(14-22(21)34-20-13-18-5-8-27-23(18)28-15-20)29-9-6-25(7-10-29)16-26(17-25)32-11-2-12-33-26/h3-5,8,13-15H,2,6-7,9-12,16-17H2,1H3,(H,27,28). The fraction of sp³-hybridized carbons (Fsp3) is 0.462. The lowest BCUT2D eigenvalue weighted by Gasteiger charge is -2.59. The summed E-state index contributed by atoms with van der Waals surface area (Å²) in [5.74, 6) is 0.285. The van der Waals surface area contributed by atoms with Crippen LogP contribution in [0.25, 0.3) is 11.0 Å². The summed E-state index contributed by atoms with van der Waals surface area (Å²) >= 11 is 0. The maximum absolute atomic E-state index is 12.4. The van der Waals surface area contributed by atoms with E-state index in [1.54, 1.807) is 12.3 Å². The Morgan fingerprint density at radius 2 is 1.91 bits per heavy atom. The van der Waals surface area contributed by atoms with Gasteiger partial charge in [0.25, 0.3) is 0 Å². The first kappa shape index (κ1) is 21.4. The molecule has 2 saturated heterocycles. The third-order valence-electron chi connectivity index (χ3n) is 7.47. The smallest absolute Gasteiger partial charge is 0.341 e. The van der Waals surface area contributed by atoms with Crippen LogP contribution in [0.1, 0.15) is 42.5 Å². The fourth-order valence-electron chi connectivity index (χ4n) is 5.68. The Balaban J connectivity index is 1.19. The Kier molecular flexibility index (Phi) is 5.22. The number of carbonyl (C=O) groups is 1. The largest absolute Gasteiger partial charge is 0.465 e. The SMILES string of the molecule is COC(=O)c1ccc(N2CCC3(CC2)CC2(C3)OCCCO2)cc1Oc1cnc2[nH]ccc2c1. The van der Waals surface area contributed by atoms with Crippen molar-refractivity contribution in [2.45, 2.75) is 37.9 Å². The third-order valence-corrected chi connectivity index (χ3v) is 7.47. The van der Waals surface area contributed by atoms with E-state index in [2.05, 4.69) is 14.9 Å². The molecule has 0 atom stereocenters. The quantitative estimate of drug-likeness (QED) is 0.564. The maximum atomic E-state index is 12.4. The second-order valence-corrected chi connectivity index (χ2v) is 9.66. The van der Waals surface area contributed by atoms with Crippen molar-refractivity contribution in [2.75, 3.05) is 38.3 Å². The monoisotopic (exact) mass is 463 g/mol. The van der Waals surface area contributed by atoms with Crippen LogP contribution in [0.15, 0.2) is 42.7 Å². The zero-order valence-corrected chi connectivity index (χ0v) is 19.3. The number of benzene rings is 1. The Morgan fingerprint density at radius 1 is 1.12 bits per heavy atom. The van der Waals surface area contributed by atoms with Gasteiger partial charge in [0.2, 0.25) is 0 Å². The number of fused-ring (bicyclic) bond motifs is 1. The number of aromatic nitrogens is 2. The van der Waals surface area contributed by atoms with E-state index < -0.39 is 5.97 Å². The molecule has 0 unspecified atom stereocenters. The molecule has 8 heteroatoms. The lowest BCUT2D eigenvalue weighted by Crippen LogP contribution is -2.60. The molecule has 0 amide bonds. The van der Waals surface area contributed by atoms with Crippen molar-refractivity contribution >= 4 is 22.7 Å². The van der Waals surface area contributed by atoms with Crippen LogP contribution in [0, 0.1) is 5.41 Å². The molecular formula is C26H29N3O5. The summed E-state index contributed by atoms with van der Waals surface area (Å²) in [5.41, 5.74) is 2.53. The predicted octanol–water partition coefficient (Wildman–Crippen LogP) is 4.66. The van der Waals surface area contributed by atoms with Crippen LogP contribution >= 0.6 is 0 Å². The number of esters is 1. The molecule has 1 aliphatic carbocycles. The molecular weight excluding hydrogens is 434 g/mol. The van der Waals surface area contributed by atoms with Crippen LogP contribution in [0.5, 0.6) is 11.5 Å². The number of piperidine rings is 1. The summed E-state index contributed by atoms with van der Waals surface area (Å²) in [6.45, 7) is 3.52. The number of pyridine rings is 1. The van der Waals surface area contributed by atoms with E-state index in [9.17, 15) is 4.79 Å². The number of hydrogen-bond acceptors (Lipinski definition) is 7. The van der Waals surface area contributed by atoms with E-state index in [-0.39, 0.29) is 5.79 Å². The molecule has 0 radical (unpaired) electrons. The number of methoxy groups -OCH3 is 1. The first-order valence-corrected chi connectivity index (χ1v) is 11.9. The topological polar surface area (TPSA) is 85.9 Å². The van der Waals surface area contributed by atoms with Gasteiger partial charge in [0.15, 0.2) is 5.79 Å². The van der Waals surface area contributed by atoms with Gasteiger partial charge in [-0.15, -0.1) is 0 Å². The van der Waals surface area contributed by atoms with Gasteiger partial charge in [0, 0.05) is 49.3 Å². The van der Waals surface area contributed by atoms with Crippen molar-refractivity contribution < 1.29 is 23.7 Å². The average molecular weight is 464 g/mol. The van der Waals surface area contributed by atoms with Crippen LogP contribution in [-0.2, 0) is 14.2 Å². The molecule has 2 aromatic heterocycles. The number of hydrogen-bond donors (Lipinski definition) is 1. The lowest BCUT2D eigenvalue weighted by molar-refractivity contribution is -0.342. The highest BCUT2D eigenvalue weighted by Gasteiger charge is 2.57. The van der Waals surface area contributed by atoms with Gasteiger partial charge in [-0.3, -0.25) is 0 Å². The Labute approximate surface area is 198 Å². The van der Waals surface area contributed by atoms with Gasteiger partial charge in [-0.2, -0.15) is 0 Å². The molecule has 4 heterocycles. The normalized spacial score (nSPS) is 20.9. The number of anilines is 1. The summed E-state index contributed by atoms with van der Waals surface area (Å²) in [5, 5.41) is 0.943. The molecule has 178 valence electrons. The second kappa shape index (κ2) is 8.29. The molecule has 6 rings (SSSR count).